The smallest absolute Gasteiger partial charge is 0.279 e. The monoisotopic (exact) mass is 292 g/mol. The summed E-state index contributed by atoms with van der Waals surface area (Å²) in [6.45, 7) is 5.04. The van der Waals surface area contributed by atoms with E-state index in [4.69, 9.17) is 5.73 Å². The highest BCUT2D eigenvalue weighted by Gasteiger charge is 2.32. The second-order valence-corrected chi connectivity index (χ2v) is 6.76. The van der Waals surface area contributed by atoms with Crippen LogP contribution in [0.25, 0.3) is 0 Å². The van der Waals surface area contributed by atoms with E-state index in [0.29, 0.717) is 32.5 Å². The number of carbonyl (C=O) groups excluding carboxylic acids is 1. The highest BCUT2D eigenvalue weighted by molar-refractivity contribution is 7.87. The van der Waals surface area contributed by atoms with Crippen LogP contribution in [-0.2, 0) is 15.0 Å². The summed E-state index contributed by atoms with van der Waals surface area (Å²) in [4.78, 5) is 11.8. The maximum atomic E-state index is 12.0. The van der Waals surface area contributed by atoms with Gasteiger partial charge in [0.25, 0.3) is 10.2 Å². The van der Waals surface area contributed by atoms with Gasteiger partial charge < -0.3 is 11.1 Å². The summed E-state index contributed by atoms with van der Waals surface area (Å²) in [6, 6.07) is -0.156. The first kappa shape index (κ1) is 16.4. The molecule has 19 heavy (non-hydrogen) atoms. The second-order valence-electron chi connectivity index (χ2n) is 5.05. The minimum Gasteiger partial charge on any atom is -0.355 e. The van der Waals surface area contributed by atoms with Gasteiger partial charge in [0, 0.05) is 32.2 Å². The molecule has 1 aliphatic heterocycles. The van der Waals surface area contributed by atoms with Gasteiger partial charge in [0.05, 0.1) is 5.92 Å². The number of nitrogens with two attached hydrogens (primary N) is 1. The van der Waals surface area contributed by atoms with E-state index in [0.717, 1.165) is 0 Å². The number of nitrogens with zero attached hydrogens (tertiary/aromatic N) is 1. The summed E-state index contributed by atoms with van der Waals surface area (Å²) >= 11 is 0. The third-order valence-electron chi connectivity index (χ3n) is 2.92. The Bertz CT molecular complexity index is 397. The lowest BCUT2D eigenvalue weighted by atomic mass is 9.99. The Morgan fingerprint density at radius 1 is 1.47 bits per heavy atom. The van der Waals surface area contributed by atoms with Crippen LogP contribution < -0.4 is 15.8 Å². The van der Waals surface area contributed by atoms with E-state index in [1.54, 1.807) is 13.8 Å². The van der Waals surface area contributed by atoms with Gasteiger partial charge in [-0.1, -0.05) is 0 Å². The summed E-state index contributed by atoms with van der Waals surface area (Å²) in [5.41, 5.74) is 5.33. The van der Waals surface area contributed by atoms with Gasteiger partial charge in [0.1, 0.15) is 0 Å². The number of hydrogen-bond donors (Lipinski definition) is 3. The minimum absolute atomic E-state index is 0.116. The van der Waals surface area contributed by atoms with Gasteiger partial charge in [-0.15, -0.1) is 0 Å². The third kappa shape index (κ3) is 5.06. The second kappa shape index (κ2) is 7.18. The third-order valence-corrected chi connectivity index (χ3v) is 4.70. The molecule has 0 spiro atoms. The fourth-order valence-corrected chi connectivity index (χ4v) is 3.58. The highest BCUT2D eigenvalue weighted by Crippen LogP contribution is 2.18. The van der Waals surface area contributed by atoms with Crippen LogP contribution in [0.1, 0.15) is 26.7 Å². The molecule has 1 amide bonds. The minimum atomic E-state index is -3.49. The van der Waals surface area contributed by atoms with Gasteiger partial charge in [0.15, 0.2) is 0 Å². The standard InChI is InChI=1S/C11H24N4O3S/c1-9(2)14-19(17,18)15-7-3-4-10(8-15)11(16)13-6-5-12/h9-10,14H,3-8,12H2,1-2H3,(H,13,16). The number of rotatable bonds is 6. The van der Waals surface area contributed by atoms with Crippen LogP contribution in [0.3, 0.4) is 0 Å². The van der Waals surface area contributed by atoms with Gasteiger partial charge >= 0.3 is 0 Å². The predicted molar refractivity (Wildman–Crippen MR) is 73.6 cm³/mol. The zero-order valence-corrected chi connectivity index (χ0v) is 12.4. The lowest BCUT2D eigenvalue weighted by Gasteiger charge is -2.31. The molecule has 0 saturated carbocycles. The number of nitrogens with one attached hydrogen (secondary N) is 2. The van der Waals surface area contributed by atoms with Crippen LogP contribution in [0.5, 0.6) is 0 Å². The molecule has 4 N–H and O–H groups in total. The van der Waals surface area contributed by atoms with Crippen molar-refractivity contribution in [2.45, 2.75) is 32.7 Å². The van der Waals surface area contributed by atoms with Crippen molar-refractivity contribution in [3.05, 3.63) is 0 Å². The molecule has 1 atom stereocenters. The quantitative estimate of drug-likeness (QED) is 0.585. The molecule has 0 aromatic rings. The molecule has 7 nitrogen and oxygen atoms in total. The molecular weight excluding hydrogens is 268 g/mol. The Morgan fingerprint density at radius 2 is 2.16 bits per heavy atom. The molecule has 112 valence electrons. The average Bonchev–Trinajstić information content (AvgIpc) is 2.34. The fourth-order valence-electron chi connectivity index (χ4n) is 2.09. The van der Waals surface area contributed by atoms with Crippen molar-refractivity contribution >= 4 is 16.1 Å². The summed E-state index contributed by atoms with van der Waals surface area (Å²) in [5.74, 6) is -0.404. The molecule has 1 saturated heterocycles. The van der Waals surface area contributed by atoms with E-state index in [-0.39, 0.29) is 24.4 Å². The van der Waals surface area contributed by atoms with Crippen LogP contribution in [0.15, 0.2) is 0 Å². The molecule has 1 fully saturated rings. The van der Waals surface area contributed by atoms with E-state index < -0.39 is 10.2 Å². The van der Waals surface area contributed by atoms with Crippen LogP contribution in [0.4, 0.5) is 0 Å². The molecule has 0 bridgehead atoms. The average molecular weight is 292 g/mol. The number of hydrogen-bond acceptors (Lipinski definition) is 4. The summed E-state index contributed by atoms with van der Waals surface area (Å²) in [6.07, 6.45) is 1.41. The summed E-state index contributed by atoms with van der Waals surface area (Å²) < 4.78 is 28.0. The van der Waals surface area contributed by atoms with Gasteiger partial charge in [-0.3, -0.25) is 4.79 Å². The van der Waals surface area contributed by atoms with Gasteiger partial charge in [-0.2, -0.15) is 17.4 Å². The van der Waals surface area contributed by atoms with Crippen molar-refractivity contribution in [1.29, 1.82) is 0 Å². The van der Waals surface area contributed by atoms with E-state index in [9.17, 15) is 13.2 Å². The lowest BCUT2D eigenvalue weighted by molar-refractivity contribution is -0.126. The molecule has 0 radical (unpaired) electrons. The Morgan fingerprint density at radius 3 is 2.74 bits per heavy atom. The molecule has 1 aliphatic rings. The van der Waals surface area contributed by atoms with E-state index in [2.05, 4.69) is 10.0 Å². The largest absolute Gasteiger partial charge is 0.355 e. The van der Waals surface area contributed by atoms with Crippen molar-refractivity contribution in [3.63, 3.8) is 0 Å². The Hall–Kier alpha value is -0.700. The van der Waals surface area contributed by atoms with Crippen molar-refractivity contribution in [1.82, 2.24) is 14.3 Å². The van der Waals surface area contributed by atoms with E-state index in [1.807, 2.05) is 0 Å². The number of amides is 1. The molecule has 1 rings (SSSR count). The highest BCUT2D eigenvalue weighted by atomic mass is 32.2. The van der Waals surface area contributed by atoms with Crippen LogP contribution >= 0.6 is 0 Å². The van der Waals surface area contributed by atoms with E-state index in [1.165, 1.54) is 4.31 Å². The van der Waals surface area contributed by atoms with Crippen molar-refractivity contribution < 1.29 is 13.2 Å². The van der Waals surface area contributed by atoms with Gasteiger partial charge in [-0.25, -0.2) is 0 Å². The molecule has 1 unspecified atom stereocenters. The fraction of sp³-hybridized carbons (Fsp3) is 0.909. The molecule has 0 aliphatic carbocycles. The first-order valence-corrected chi connectivity index (χ1v) is 8.06. The summed E-state index contributed by atoms with van der Waals surface area (Å²) in [5, 5.41) is 2.71. The van der Waals surface area contributed by atoms with Crippen LogP contribution in [0, 0.1) is 5.92 Å². The van der Waals surface area contributed by atoms with Crippen LogP contribution in [-0.4, -0.2) is 50.9 Å². The van der Waals surface area contributed by atoms with Gasteiger partial charge in [-0.05, 0) is 26.7 Å². The zero-order chi connectivity index (χ0) is 14.5. The predicted octanol–water partition coefficient (Wildman–Crippen LogP) is -0.984. The normalized spacial score (nSPS) is 21.6. The topological polar surface area (TPSA) is 105 Å². The molecule has 8 heteroatoms. The van der Waals surface area contributed by atoms with Gasteiger partial charge in [0.2, 0.25) is 5.91 Å². The maximum absolute atomic E-state index is 12.0. The Labute approximate surface area is 115 Å². The van der Waals surface area contributed by atoms with Crippen LogP contribution in [0.2, 0.25) is 0 Å². The first-order valence-electron chi connectivity index (χ1n) is 6.62. The summed E-state index contributed by atoms with van der Waals surface area (Å²) in [7, 11) is -3.49. The van der Waals surface area contributed by atoms with Crippen molar-refractivity contribution in [3.8, 4) is 0 Å². The first-order chi connectivity index (χ1) is 8.86. The molecular formula is C11H24N4O3S. The molecule has 0 aromatic carbocycles. The molecule has 1 heterocycles. The lowest BCUT2D eigenvalue weighted by Crippen LogP contribution is -2.50. The Balaban J connectivity index is 2.61. The zero-order valence-electron chi connectivity index (χ0n) is 11.6. The maximum Gasteiger partial charge on any atom is 0.279 e. The number of carbonyl (C=O) groups is 1. The Kier molecular flexibility index (Phi) is 6.18. The van der Waals surface area contributed by atoms with Crippen molar-refractivity contribution in [2.75, 3.05) is 26.2 Å². The van der Waals surface area contributed by atoms with Crippen molar-refractivity contribution in [2.24, 2.45) is 11.7 Å². The number of piperidine rings is 1. The SMILES string of the molecule is CC(C)NS(=O)(=O)N1CCCC(C(=O)NCCN)C1. The van der Waals surface area contributed by atoms with E-state index >= 15 is 0 Å². The molecule has 0 aromatic heterocycles.